The van der Waals surface area contributed by atoms with Crippen LogP contribution in [0, 0.1) is 0 Å². The lowest BCUT2D eigenvalue weighted by atomic mass is 10.3. The molecular formula is C14H19N3O2. The minimum absolute atomic E-state index is 0.613. The quantitative estimate of drug-likeness (QED) is 0.824. The molecule has 0 fully saturated rings. The second kappa shape index (κ2) is 6.80. The van der Waals surface area contributed by atoms with Crippen molar-refractivity contribution in [1.82, 2.24) is 14.9 Å². The van der Waals surface area contributed by atoms with E-state index in [1.54, 1.807) is 7.11 Å². The van der Waals surface area contributed by atoms with E-state index in [2.05, 4.69) is 10.3 Å². The molecule has 2 rings (SSSR count). The van der Waals surface area contributed by atoms with E-state index < -0.39 is 0 Å². The molecule has 102 valence electrons. The summed E-state index contributed by atoms with van der Waals surface area (Å²) in [5, 5.41) is 3.07. The minimum atomic E-state index is 0.613. The van der Waals surface area contributed by atoms with Gasteiger partial charge in [0.1, 0.15) is 18.1 Å². The van der Waals surface area contributed by atoms with Gasteiger partial charge in [-0.15, -0.1) is 0 Å². The number of aromatic nitrogens is 2. The van der Waals surface area contributed by atoms with E-state index in [9.17, 15) is 0 Å². The molecule has 0 amide bonds. The van der Waals surface area contributed by atoms with E-state index in [0.29, 0.717) is 6.61 Å². The Hall–Kier alpha value is -2.01. The molecule has 1 aromatic carbocycles. The van der Waals surface area contributed by atoms with Gasteiger partial charge in [0, 0.05) is 12.7 Å². The molecule has 0 unspecified atom stereocenters. The molecule has 2 aromatic rings. The van der Waals surface area contributed by atoms with Crippen molar-refractivity contribution in [3.63, 3.8) is 0 Å². The topological polar surface area (TPSA) is 48.3 Å². The third-order valence-corrected chi connectivity index (χ3v) is 2.72. The Morgan fingerprint density at radius 1 is 1.21 bits per heavy atom. The molecule has 0 aliphatic rings. The van der Waals surface area contributed by atoms with Crippen LogP contribution in [0.1, 0.15) is 5.69 Å². The molecule has 19 heavy (non-hydrogen) atoms. The van der Waals surface area contributed by atoms with E-state index in [4.69, 9.17) is 9.47 Å². The molecule has 0 saturated heterocycles. The van der Waals surface area contributed by atoms with Gasteiger partial charge in [-0.05, 0) is 31.3 Å². The van der Waals surface area contributed by atoms with Crippen LogP contribution in [-0.4, -0.2) is 30.3 Å². The zero-order valence-electron chi connectivity index (χ0n) is 11.3. The Kier molecular flexibility index (Phi) is 4.80. The molecular weight excluding hydrogens is 242 g/mol. The highest BCUT2D eigenvalue weighted by Crippen LogP contribution is 2.16. The summed E-state index contributed by atoms with van der Waals surface area (Å²) in [7, 11) is 3.56. The molecule has 0 aliphatic carbocycles. The largest absolute Gasteiger partial charge is 0.497 e. The molecule has 1 N–H and O–H groups in total. The van der Waals surface area contributed by atoms with E-state index in [-0.39, 0.29) is 0 Å². The lowest BCUT2D eigenvalue weighted by Crippen LogP contribution is -2.07. The molecule has 0 atom stereocenters. The van der Waals surface area contributed by atoms with Crippen molar-refractivity contribution in [2.45, 2.75) is 13.1 Å². The number of nitrogens with zero attached hydrogens (tertiary/aromatic N) is 2. The van der Waals surface area contributed by atoms with Crippen LogP contribution in [0.3, 0.4) is 0 Å². The normalized spacial score (nSPS) is 10.4. The highest BCUT2D eigenvalue weighted by molar-refractivity contribution is 5.31. The lowest BCUT2D eigenvalue weighted by Gasteiger charge is -2.07. The maximum Gasteiger partial charge on any atom is 0.119 e. The van der Waals surface area contributed by atoms with Gasteiger partial charge in [-0.25, -0.2) is 4.98 Å². The summed E-state index contributed by atoms with van der Waals surface area (Å²) >= 11 is 0. The predicted molar refractivity (Wildman–Crippen MR) is 73.5 cm³/mol. The van der Waals surface area contributed by atoms with Crippen LogP contribution in [-0.2, 0) is 13.1 Å². The number of hydrogen-bond donors (Lipinski definition) is 1. The van der Waals surface area contributed by atoms with Gasteiger partial charge in [-0.2, -0.15) is 0 Å². The van der Waals surface area contributed by atoms with Crippen molar-refractivity contribution in [2.24, 2.45) is 0 Å². The average Bonchev–Trinajstić information content (AvgIpc) is 2.88. The van der Waals surface area contributed by atoms with E-state index >= 15 is 0 Å². The predicted octanol–water partition coefficient (Wildman–Crippen LogP) is 1.69. The van der Waals surface area contributed by atoms with E-state index in [1.807, 2.05) is 48.4 Å². The number of rotatable bonds is 7. The van der Waals surface area contributed by atoms with Crippen molar-refractivity contribution in [3.8, 4) is 11.5 Å². The Labute approximate surface area is 113 Å². The number of hydrogen-bond acceptors (Lipinski definition) is 4. The van der Waals surface area contributed by atoms with Gasteiger partial charge in [0.15, 0.2) is 0 Å². The molecule has 0 saturated carbocycles. The van der Waals surface area contributed by atoms with Crippen molar-refractivity contribution in [3.05, 3.63) is 42.5 Å². The molecule has 1 aromatic heterocycles. The van der Waals surface area contributed by atoms with Crippen LogP contribution in [0.15, 0.2) is 36.8 Å². The zero-order chi connectivity index (χ0) is 13.5. The lowest BCUT2D eigenvalue weighted by molar-refractivity contribution is 0.297. The zero-order valence-corrected chi connectivity index (χ0v) is 11.3. The third-order valence-electron chi connectivity index (χ3n) is 2.72. The summed E-state index contributed by atoms with van der Waals surface area (Å²) in [6.07, 6.45) is 3.85. The van der Waals surface area contributed by atoms with E-state index in [1.165, 1.54) is 0 Å². The van der Waals surface area contributed by atoms with Crippen molar-refractivity contribution in [1.29, 1.82) is 0 Å². The van der Waals surface area contributed by atoms with Crippen molar-refractivity contribution < 1.29 is 9.47 Å². The molecule has 0 bridgehead atoms. The standard InChI is InChI=1S/C14H19N3O2/c1-15-9-12-10-17(11-16-12)7-8-19-14-5-3-13(18-2)4-6-14/h3-6,10-11,15H,7-9H2,1-2H3. The first-order valence-corrected chi connectivity index (χ1v) is 6.24. The molecule has 0 aliphatic heterocycles. The minimum Gasteiger partial charge on any atom is -0.497 e. The fraction of sp³-hybridized carbons (Fsp3) is 0.357. The van der Waals surface area contributed by atoms with Gasteiger partial charge in [0.25, 0.3) is 0 Å². The summed E-state index contributed by atoms with van der Waals surface area (Å²) in [6, 6.07) is 7.58. The van der Waals surface area contributed by atoms with Crippen LogP contribution < -0.4 is 14.8 Å². The Bertz CT molecular complexity index is 494. The van der Waals surface area contributed by atoms with Gasteiger partial charge in [-0.3, -0.25) is 0 Å². The first kappa shape index (κ1) is 13.4. The molecule has 0 radical (unpaired) electrons. The van der Waals surface area contributed by atoms with Crippen LogP contribution in [0.4, 0.5) is 0 Å². The molecule has 0 spiro atoms. The van der Waals surface area contributed by atoms with Crippen molar-refractivity contribution in [2.75, 3.05) is 20.8 Å². The highest BCUT2D eigenvalue weighted by Gasteiger charge is 1.99. The highest BCUT2D eigenvalue weighted by atomic mass is 16.5. The maximum atomic E-state index is 5.66. The SMILES string of the molecule is CNCc1cn(CCOc2ccc(OC)cc2)cn1. The summed E-state index contributed by atoms with van der Waals surface area (Å²) < 4.78 is 12.8. The second-order valence-corrected chi connectivity index (χ2v) is 4.16. The average molecular weight is 261 g/mol. The van der Waals surface area contributed by atoms with Gasteiger partial charge >= 0.3 is 0 Å². The number of nitrogens with one attached hydrogen (secondary N) is 1. The first-order valence-electron chi connectivity index (χ1n) is 6.24. The maximum absolute atomic E-state index is 5.66. The fourth-order valence-electron chi connectivity index (χ4n) is 1.74. The third kappa shape index (κ3) is 3.99. The Morgan fingerprint density at radius 3 is 2.63 bits per heavy atom. The van der Waals surface area contributed by atoms with Gasteiger partial charge in [0.05, 0.1) is 25.7 Å². The summed E-state index contributed by atoms with van der Waals surface area (Å²) in [5.41, 5.74) is 1.03. The fourth-order valence-corrected chi connectivity index (χ4v) is 1.74. The summed E-state index contributed by atoms with van der Waals surface area (Å²) in [5.74, 6) is 1.68. The van der Waals surface area contributed by atoms with Gasteiger partial charge < -0.3 is 19.4 Å². The van der Waals surface area contributed by atoms with Gasteiger partial charge in [0.2, 0.25) is 0 Å². The van der Waals surface area contributed by atoms with E-state index in [0.717, 1.165) is 30.3 Å². The van der Waals surface area contributed by atoms with Crippen LogP contribution in [0.5, 0.6) is 11.5 Å². The number of imidazole rings is 1. The number of ether oxygens (including phenoxy) is 2. The van der Waals surface area contributed by atoms with Crippen LogP contribution >= 0.6 is 0 Å². The number of benzene rings is 1. The summed E-state index contributed by atoms with van der Waals surface area (Å²) in [6.45, 7) is 2.18. The Morgan fingerprint density at radius 2 is 1.95 bits per heavy atom. The molecule has 5 heteroatoms. The van der Waals surface area contributed by atoms with Crippen molar-refractivity contribution >= 4 is 0 Å². The summed E-state index contributed by atoms with van der Waals surface area (Å²) in [4.78, 5) is 4.28. The van der Waals surface area contributed by atoms with Crippen LogP contribution in [0.2, 0.25) is 0 Å². The Balaban J connectivity index is 1.78. The first-order chi connectivity index (χ1) is 9.31. The van der Waals surface area contributed by atoms with Gasteiger partial charge in [-0.1, -0.05) is 0 Å². The second-order valence-electron chi connectivity index (χ2n) is 4.16. The monoisotopic (exact) mass is 261 g/mol. The molecule has 5 nitrogen and oxygen atoms in total. The molecule has 1 heterocycles. The van der Waals surface area contributed by atoms with Crippen LogP contribution in [0.25, 0.3) is 0 Å². The smallest absolute Gasteiger partial charge is 0.119 e. The number of methoxy groups -OCH3 is 1.